The number of aromatic carboxylic acids is 1. The highest BCUT2D eigenvalue weighted by molar-refractivity contribution is 5.87. The minimum Gasteiger partial charge on any atom is -0.478 e. The topological polar surface area (TPSA) is 83.0 Å². The molecule has 0 bridgehead atoms. The number of nitrogens with zero attached hydrogens (tertiary/aromatic N) is 3. The molecule has 7 nitrogen and oxygen atoms in total. The van der Waals surface area contributed by atoms with Gasteiger partial charge in [-0.1, -0.05) is 18.2 Å². The Kier molecular flexibility index (Phi) is 4.87. The molecule has 0 saturated carbocycles. The van der Waals surface area contributed by atoms with E-state index < -0.39 is 5.97 Å². The Bertz CT molecular complexity index is 825. The normalized spacial score (nSPS) is 22.7. The number of ether oxygens (including phenoxy) is 1. The van der Waals surface area contributed by atoms with E-state index in [1.54, 1.807) is 18.3 Å². The van der Waals surface area contributed by atoms with Crippen LogP contribution in [0.2, 0.25) is 0 Å². The third-order valence-corrected chi connectivity index (χ3v) is 5.12. The summed E-state index contributed by atoms with van der Waals surface area (Å²) in [6, 6.07) is 12.6. The van der Waals surface area contributed by atoms with Crippen molar-refractivity contribution in [2.75, 3.05) is 19.7 Å². The van der Waals surface area contributed by atoms with Crippen molar-refractivity contribution >= 4 is 11.9 Å². The number of carbonyl (C=O) groups is 2. The lowest BCUT2D eigenvalue weighted by Crippen LogP contribution is -2.53. The van der Waals surface area contributed by atoms with Crippen LogP contribution in [0.5, 0.6) is 0 Å². The van der Waals surface area contributed by atoms with E-state index in [1.165, 1.54) is 0 Å². The third-order valence-electron chi connectivity index (χ3n) is 5.12. The van der Waals surface area contributed by atoms with Crippen LogP contribution in [0.3, 0.4) is 0 Å². The zero-order chi connectivity index (χ0) is 18.8. The molecule has 4 rings (SSSR count). The van der Waals surface area contributed by atoms with E-state index in [4.69, 9.17) is 9.84 Å². The lowest BCUT2D eigenvalue weighted by molar-refractivity contribution is -0.154. The molecule has 0 aliphatic carbocycles. The van der Waals surface area contributed by atoms with Crippen molar-refractivity contribution in [1.82, 2.24) is 14.8 Å². The Morgan fingerprint density at radius 3 is 2.67 bits per heavy atom. The number of carboxylic acid groups (broad SMARTS) is 1. The predicted octanol–water partition coefficient (Wildman–Crippen LogP) is 1.39. The second kappa shape index (κ2) is 7.46. The molecule has 1 aromatic heterocycles. The molecular weight excluding hydrogens is 346 g/mol. The molecule has 2 unspecified atom stereocenters. The second-order valence-electron chi connectivity index (χ2n) is 6.96. The van der Waals surface area contributed by atoms with Gasteiger partial charge in [0.2, 0.25) is 5.91 Å². The summed E-state index contributed by atoms with van der Waals surface area (Å²) in [6.45, 7) is 2.77. The summed E-state index contributed by atoms with van der Waals surface area (Å²) in [6.07, 6.45) is 1.73. The molecule has 2 saturated heterocycles. The highest BCUT2D eigenvalue weighted by Crippen LogP contribution is 2.26. The number of likely N-dealkylation sites (tertiary alicyclic amines) is 1. The van der Waals surface area contributed by atoms with Crippen molar-refractivity contribution in [2.45, 2.75) is 25.2 Å². The van der Waals surface area contributed by atoms with E-state index in [2.05, 4.69) is 9.88 Å². The number of benzene rings is 1. The molecule has 1 aromatic carbocycles. The van der Waals surface area contributed by atoms with Crippen molar-refractivity contribution in [3.63, 3.8) is 0 Å². The molecular formula is C20H21N3O4. The number of amides is 1. The minimum absolute atomic E-state index is 0.00503. The average Bonchev–Trinajstić information content (AvgIpc) is 3.08. The molecule has 2 aliphatic rings. The Labute approximate surface area is 157 Å². The maximum absolute atomic E-state index is 12.4. The predicted molar refractivity (Wildman–Crippen MR) is 97.0 cm³/mol. The average molecular weight is 367 g/mol. The smallest absolute Gasteiger partial charge is 0.335 e. The van der Waals surface area contributed by atoms with Gasteiger partial charge in [-0.15, -0.1) is 0 Å². The first-order valence-electron chi connectivity index (χ1n) is 8.96. The number of morpholine rings is 1. The number of carbonyl (C=O) groups excluding carboxylic acids is 1. The van der Waals surface area contributed by atoms with Gasteiger partial charge in [0, 0.05) is 25.8 Å². The van der Waals surface area contributed by atoms with Gasteiger partial charge in [-0.3, -0.25) is 14.7 Å². The summed E-state index contributed by atoms with van der Waals surface area (Å²) < 4.78 is 5.77. The van der Waals surface area contributed by atoms with Gasteiger partial charge in [0.1, 0.15) is 6.61 Å². The van der Waals surface area contributed by atoms with Gasteiger partial charge in [0.15, 0.2) is 0 Å². The van der Waals surface area contributed by atoms with E-state index in [-0.39, 0.29) is 30.2 Å². The molecule has 7 heteroatoms. The largest absolute Gasteiger partial charge is 0.478 e. The van der Waals surface area contributed by atoms with E-state index in [9.17, 15) is 9.59 Å². The molecule has 3 heterocycles. The molecule has 27 heavy (non-hydrogen) atoms. The van der Waals surface area contributed by atoms with Gasteiger partial charge in [-0.25, -0.2) is 4.79 Å². The maximum atomic E-state index is 12.4. The van der Waals surface area contributed by atoms with Gasteiger partial charge in [-0.2, -0.15) is 0 Å². The van der Waals surface area contributed by atoms with Gasteiger partial charge in [0.25, 0.3) is 0 Å². The Morgan fingerprint density at radius 1 is 1.15 bits per heavy atom. The van der Waals surface area contributed by atoms with E-state index >= 15 is 0 Å². The molecule has 2 fully saturated rings. The van der Waals surface area contributed by atoms with Crippen molar-refractivity contribution < 1.29 is 19.4 Å². The summed E-state index contributed by atoms with van der Waals surface area (Å²) in [4.78, 5) is 31.8. The van der Waals surface area contributed by atoms with Crippen LogP contribution in [0, 0.1) is 0 Å². The zero-order valence-electron chi connectivity index (χ0n) is 14.8. The monoisotopic (exact) mass is 367 g/mol. The van der Waals surface area contributed by atoms with Crippen LogP contribution in [0.4, 0.5) is 0 Å². The van der Waals surface area contributed by atoms with Crippen molar-refractivity contribution in [2.24, 2.45) is 0 Å². The Morgan fingerprint density at radius 2 is 1.96 bits per heavy atom. The summed E-state index contributed by atoms with van der Waals surface area (Å²) in [5.41, 5.74) is 2.19. The van der Waals surface area contributed by atoms with Gasteiger partial charge < -0.3 is 14.7 Å². The van der Waals surface area contributed by atoms with Gasteiger partial charge >= 0.3 is 5.97 Å². The highest BCUT2D eigenvalue weighted by Gasteiger charge is 2.43. The molecule has 140 valence electrons. The number of fused-ring (bicyclic) bond motifs is 1. The number of rotatable bonds is 5. The molecule has 2 aliphatic heterocycles. The number of aromatic nitrogens is 1. The van der Waals surface area contributed by atoms with Crippen LogP contribution in [0.15, 0.2) is 48.7 Å². The Balaban J connectivity index is 1.44. The standard InChI is InChI=1S/C20H21N3O4/c24-19-13-27-18-12-22(9-14-4-6-15(7-5-14)20(25)26)11-17(18)23(19)10-16-3-1-2-8-21-16/h1-8,17-18H,9-13H2,(H,25,26). The van der Waals surface area contributed by atoms with Crippen LogP contribution < -0.4 is 0 Å². The van der Waals surface area contributed by atoms with Crippen molar-refractivity contribution in [1.29, 1.82) is 0 Å². The molecule has 2 atom stereocenters. The first-order valence-corrected chi connectivity index (χ1v) is 8.96. The third kappa shape index (κ3) is 3.84. The molecule has 1 N–H and O–H groups in total. The van der Waals surface area contributed by atoms with Crippen LogP contribution in [-0.4, -0.2) is 63.6 Å². The fourth-order valence-corrected chi connectivity index (χ4v) is 3.75. The van der Waals surface area contributed by atoms with Crippen molar-refractivity contribution in [3.8, 4) is 0 Å². The van der Waals surface area contributed by atoms with Gasteiger partial charge in [-0.05, 0) is 29.8 Å². The molecule has 0 radical (unpaired) electrons. The SMILES string of the molecule is O=C(O)c1ccc(CN2CC3OCC(=O)N(Cc4ccccn4)C3C2)cc1. The summed E-state index contributed by atoms with van der Waals surface area (Å²) in [5, 5.41) is 9.01. The summed E-state index contributed by atoms with van der Waals surface area (Å²) in [7, 11) is 0. The quantitative estimate of drug-likeness (QED) is 0.860. The molecule has 0 spiro atoms. The van der Waals surface area contributed by atoms with Crippen molar-refractivity contribution in [3.05, 3.63) is 65.5 Å². The lowest BCUT2D eigenvalue weighted by atomic mass is 10.1. The fraction of sp³-hybridized carbons (Fsp3) is 0.350. The van der Waals surface area contributed by atoms with E-state index in [1.807, 2.05) is 35.2 Å². The maximum Gasteiger partial charge on any atom is 0.335 e. The minimum atomic E-state index is -0.925. The zero-order valence-corrected chi connectivity index (χ0v) is 14.8. The molecule has 1 amide bonds. The lowest BCUT2D eigenvalue weighted by Gasteiger charge is -2.36. The van der Waals surface area contributed by atoms with Crippen LogP contribution in [0.1, 0.15) is 21.6 Å². The summed E-state index contributed by atoms with van der Waals surface area (Å²) >= 11 is 0. The molecule has 2 aromatic rings. The number of hydrogen-bond acceptors (Lipinski definition) is 5. The summed E-state index contributed by atoms with van der Waals surface area (Å²) in [5.74, 6) is -0.930. The van der Waals surface area contributed by atoms with Crippen LogP contribution >= 0.6 is 0 Å². The number of hydrogen-bond donors (Lipinski definition) is 1. The number of carboxylic acids is 1. The second-order valence-corrected chi connectivity index (χ2v) is 6.96. The Hall–Kier alpha value is -2.77. The fourth-order valence-electron chi connectivity index (χ4n) is 3.75. The van der Waals surface area contributed by atoms with E-state index in [0.717, 1.165) is 24.3 Å². The van der Waals surface area contributed by atoms with E-state index in [0.29, 0.717) is 13.1 Å². The van der Waals surface area contributed by atoms with Gasteiger partial charge in [0.05, 0.1) is 29.9 Å². The van der Waals surface area contributed by atoms with Crippen LogP contribution in [-0.2, 0) is 22.6 Å². The number of pyridine rings is 1. The van der Waals surface area contributed by atoms with Crippen LogP contribution in [0.25, 0.3) is 0 Å². The highest BCUT2D eigenvalue weighted by atomic mass is 16.5. The first-order chi connectivity index (χ1) is 13.1. The first kappa shape index (κ1) is 17.6.